The number of methoxy groups -OCH3 is 1. The Morgan fingerprint density at radius 1 is 1.30 bits per heavy atom. The van der Waals surface area contributed by atoms with E-state index in [0.717, 1.165) is 22.6 Å². The van der Waals surface area contributed by atoms with E-state index in [1.807, 2.05) is 31.2 Å². The Hall–Kier alpha value is -2.63. The van der Waals surface area contributed by atoms with Crippen LogP contribution in [0.2, 0.25) is 0 Å². The summed E-state index contributed by atoms with van der Waals surface area (Å²) >= 11 is 0. The monoisotopic (exact) mass is 270 g/mol. The first-order valence-electron chi connectivity index (χ1n) is 6.19. The minimum absolute atomic E-state index is 0.439. The molecule has 0 spiro atoms. The summed E-state index contributed by atoms with van der Waals surface area (Å²) in [5, 5.41) is 7.52. The molecular formula is C14H14N4O2. The van der Waals surface area contributed by atoms with Crippen LogP contribution in [0.4, 0.5) is 5.69 Å². The SMILES string of the molecule is COc1cccc(Cc2c(C)nc3nonc3c2N)c1. The van der Waals surface area contributed by atoms with Gasteiger partial charge in [-0.05, 0) is 34.9 Å². The van der Waals surface area contributed by atoms with Crippen LogP contribution in [-0.4, -0.2) is 22.4 Å². The van der Waals surface area contributed by atoms with E-state index in [4.69, 9.17) is 10.5 Å². The van der Waals surface area contributed by atoms with Gasteiger partial charge in [-0.3, -0.25) is 0 Å². The van der Waals surface area contributed by atoms with Gasteiger partial charge < -0.3 is 10.5 Å². The van der Waals surface area contributed by atoms with Crippen LogP contribution >= 0.6 is 0 Å². The molecule has 0 unspecified atom stereocenters. The van der Waals surface area contributed by atoms with Crippen LogP contribution in [0, 0.1) is 6.92 Å². The minimum atomic E-state index is 0.439. The van der Waals surface area contributed by atoms with Gasteiger partial charge in [-0.1, -0.05) is 12.1 Å². The zero-order valence-electron chi connectivity index (χ0n) is 11.3. The lowest BCUT2D eigenvalue weighted by Crippen LogP contribution is -2.02. The van der Waals surface area contributed by atoms with Crippen LogP contribution in [-0.2, 0) is 6.42 Å². The fraction of sp³-hybridized carbons (Fsp3) is 0.214. The quantitative estimate of drug-likeness (QED) is 0.784. The molecule has 2 heterocycles. The third-order valence-electron chi connectivity index (χ3n) is 3.28. The average molecular weight is 270 g/mol. The topological polar surface area (TPSA) is 87.1 Å². The Morgan fingerprint density at radius 2 is 2.15 bits per heavy atom. The number of nitrogens with zero attached hydrogens (tertiary/aromatic N) is 3. The second kappa shape index (κ2) is 4.80. The van der Waals surface area contributed by atoms with Crippen LogP contribution in [0.15, 0.2) is 28.9 Å². The van der Waals surface area contributed by atoms with Gasteiger partial charge in [-0.15, -0.1) is 0 Å². The van der Waals surface area contributed by atoms with Crippen molar-refractivity contribution >= 4 is 16.9 Å². The second-order valence-corrected chi connectivity index (χ2v) is 4.55. The maximum atomic E-state index is 6.15. The lowest BCUT2D eigenvalue weighted by molar-refractivity contribution is 0.315. The van der Waals surface area contributed by atoms with Crippen molar-refractivity contribution in [2.45, 2.75) is 13.3 Å². The third kappa shape index (κ3) is 2.05. The van der Waals surface area contributed by atoms with E-state index >= 15 is 0 Å². The largest absolute Gasteiger partial charge is 0.497 e. The number of nitrogen functional groups attached to an aromatic ring is 1. The van der Waals surface area contributed by atoms with E-state index in [9.17, 15) is 0 Å². The highest BCUT2D eigenvalue weighted by atomic mass is 16.6. The molecule has 0 radical (unpaired) electrons. The molecule has 102 valence electrons. The first kappa shape index (κ1) is 12.4. The lowest BCUT2D eigenvalue weighted by Gasteiger charge is -2.09. The molecule has 3 aromatic rings. The van der Waals surface area contributed by atoms with Gasteiger partial charge in [0.2, 0.25) is 5.65 Å². The summed E-state index contributed by atoms with van der Waals surface area (Å²) in [5.74, 6) is 0.816. The highest BCUT2D eigenvalue weighted by molar-refractivity contribution is 5.85. The number of nitrogens with two attached hydrogens (primary N) is 1. The molecule has 0 aliphatic carbocycles. The summed E-state index contributed by atoms with van der Waals surface area (Å²) in [6, 6.07) is 7.85. The zero-order chi connectivity index (χ0) is 14.1. The number of benzene rings is 1. The molecule has 2 N–H and O–H groups in total. The first-order valence-corrected chi connectivity index (χ1v) is 6.19. The molecule has 0 bridgehead atoms. The van der Waals surface area contributed by atoms with Crippen molar-refractivity contribution in [1.29, 1.82) is 0 Å². The van der Waals surface area contributed by atoms with Crippen LogP contribution in [0.25, 0.3) is 11.2 Å². The molecule has 0 saturated heterocycles. The fourth-order valence-electron chi connectivity index (χ4n) is 2.20. The molecule has 2 aromatic heterocycles. The lowest BCUT2D eigenvalue weighted by atomic mass is 10.0. The van der Waals surface area contributed by atoms with E-state index in [2.05, 4.69) is 19.9 Å². The van der Waals surface area contributed by atoms with Crippen LogP contribution < -0.4 is 10.5 Å². The van der Waals surface area contributed by atoms with Crippen molar-refractivity contribution in [3.8, 4) is 5.75 Å². The number of ether oxygens (including phenoxy) is 1. The molecule has 0 atom stereocenters. The maximum Gasteiger partial charge on any atom is 0.226 e. The predicted molar refractivity (Wildman–Crippen MR) is 74.5 cm³/mol. The number of pyridine rings is 1. The van der Waals surface area contributed by atoms with Crippen molar-refractivity contribution < 1.29 is 9.37 Å². The van der Waals surface area contributed by atoms with Gasteiger partial charge in [-0.2, -0.15) is 0 Å². The van der Waals surface area contributed by atoms with Crippen molar-refractivity contribution in [3.63, 3.8) is 0 Å². The van der Waals surface area contributed by atoms with E-state index in [1.165, 1.54) is 0 Å². The number of aromatic nitrogens is 3. The maximum absolute atomic E-state index is 6.15. The number of hydrogen-bond acceptors (Lipinski definition) is 6. The summed E-state index contributed by atoms with van der Waals surface area (Å²) in [4.78, 5) is 4.36. The summed E-state index contributed by atoms with van der Waals surface area (Å²) in [6.45, 7) is 1.90. The zero-order valence-corrected chi connectivity index (χ0v) is 11.3. The van der Waals surface area contributed by atoms with Gasteiger partial charge >= 0.3 is 0 Å². The van der Waals surface area contributed by atoms with Crippen molar-refractivity contribution in [2.24, 2.45) is 0 Å². The number of rotatable bonds is 3. The molecule has 6 heteroatoms. The number of fused-ring (bicyclic) bond motifs is 1. The fourth-order valence-corrected chi connectivity index (χ4v) is 2.20. The molecule has 0 amide bonds. The Morgan fingerprint density at radius 3 is 2.95 bits per heavy atom. The Bertz CT molecular complexity index is 767. The highest BCUT2D eigenvalue weighted by Gasteiger charge is 2.14. The predicted octanol–water partition coefficient (Wildman–Crippen LogP) is 2.11. The summed E-state index contributed by atoms with van der Waals surface area (Å²) in [6.07, 6.45) is 0.657. The first-order chi connectivity index (χ1) is 9.69. The molecule has 3 rings (SSSR count). The number of anilines is 1. The molecule has 0 saturated carbocycles. The van der Waals surface area contributed by atoms with Gasteiger partial charge in [0.1, 0.15) is 5.75 Å². The summed E-state index contributed by atoms with van der Waals surface area (Å²) in [7, 11) is 1.65. The van der Waals surface area contributed by atoms with Gasteiger partial charge in [0, 0.05) is 17.7 Å². The molecule has 0 aliphatic rings. The molecule has 0 fully saturated rings. The molecule has 0 aliphatic heterocycles. The Kier molecular flexibility index (Phi) is 2.98. The molecular weight excluding hydrogens is 256 g/mol. The van der Waals surface area contributed by atoms with E-state index in [-0.39, 0.29) is 0 Å². The van der Waals surface area contributed by atoms with Crippen LogP contribution in [0.1, 0.15) is 16.8 Å². The number of hydrogen-bond donors (Lipinski definition) is 1. The number of aryl methyl sites for hydroxylation is 1. The third-order valence-corrected chi connectivity index (χ3v) is 3.28. The summed E-state index contributed by atoms with van der Waals surface area (Å²) in [5.41, 5.74) is 10.5. The van der Waals surface area contributed by atoms with E-state index in [1.54, 1.807) is 7.11 Å². The molecule has 1 aromatic carbocycles. The molecule has 20 heavy (non-hydrogen) atoms. The highest BCUT2D eigenvalue weighted by Crippen LogP contribution is 2.26. The average Bonchev–Trinajstić information content (AvgIpc) is 2.92. The van der Waals surface area contributed by atoms with Crippen LogP contribution in [0.3, 0.4) is 0 Å². The molecule has 6 nitrogen and oxygen atoms in total. The van der Waals surface area contributed by atoms with E-state index in [0.29, 0.717) is 23.3 Å². The van der Waals surface area contributed by atoms with Gasteiger partial charge in [0.05, 0.1) is 12.8 Å². The Balaban J connectivity index is 2.05. The van der Waals surface area contributed by atoms with Gasteiger partial charge in [-0.25, -0.2) is 9.61 Å². The van der Waals surface area contributed by atoms with Gasteiger partial charge in [0.25, 0.3) is 0 Å². The van der Waals surface area contributed by atoms with E-state index < -0.39 is 0 Å². The van der Waals surface area contributed by atoms with Crippen molar-refractivity contribution in [2.75, 3.05) is 12.8 Å². The normalized spacial score (nSPS) is 10.9. The summed E-state index contributed by atoms with van der Waals surface area (Å²) < 4.78 is 9.91. The second-order valence-electron chi connectivity index (χ2n) is 4.55. The minimum Gasteiger partial charge on any atom is -0.497 e. The van der Waals surface area contributed by atoms with Crippen molar-refractivity contribution in [3.05, 3.63) is 41.1 Å². The Labute approximate surface area is 115 Å². The standard InChI is InChI=1S/C14H14N4O2/c1-8-11(7-9-4-3-5-10(6-9)19-2)12(15)13-14(16-8)18-20-17-13/h3-6H,7,15H2,1-2H3. The van der Waals surface area contributed by atoms with Crippen LogP contribution in [0.5, 0.6) is 5.75 Å². The smallest absolute Gasteiger partial charge is 0.226 e. The van der Waals surface area contributed by atoms with Crippen molar-refractivity contribution in [1.82, 2.24) is 15.3 Å². The van der Waals surface area contributed by atoms with Gasteiger partial charge in [0.15, 0.2) is 5.52 Å².